The first-order chi connectivity index (χ1) is 14.5. The number of ether oxygens (including phenoxy) is 1. The summed E-state index contributed by atoms with van der Waals surface area (Å²) in [6.07, 6.45) is 0.116. The van der Waals surface area contributed by atoms with E-state index in [1.807, 2.05) is 42.5 Å². The molecule has 3 aromatic rings. The summed E-state index contributed by atoms with van der Waals surface area (Å²) in [5.41, 5.74) is 2.67. The summed E-state index contributed by atoms with van der Waals surface area (Å²) in [7, 11) is 1.58. The Bertz CT molecular complexity index is 1070. The van der Waals surface area contributed by atoms with Gasteiger partial charge in [0.05, 0.1) is 19.6 Å². The van der Waals surface area contributed by atoms with Crippen LogP contribution in [0.5, 0.6) is 5.75 Å². The van der Waals surface area contributed by atoms with Gasteiger partial charge in [-0.15, -0.1) is 0 Å². The topological polar surface area (TPSA) is 58.6 Å². The van der Waals surface area contributed by atoms with E-state index in [0.717, 1.165) is 11.1 Å². The Hall–Kier alpha value is -3.67. The molecule has 0 saturated heterocycles. The molecule has 0 unspecified atom stereocenters. The average molecular weight is 404 g/mol. The lowest BCUT2D eigenvalue weighted by molar-refractivity contribution is -0.135. The number of halogens is 1. The van der Waals surface area contributed by atoms with Crippen LogP contribution in [0.25, 0.3) is 0 Å². The number of carbonyl (C=O) groups is 2. The number of fused-ring (bicyclic) bond motifs is 1. The fourth-order valence-electron chi connectivity index (χ4n) is 3.72. The van der Waals surface area contributed by atoms with Gasteiger partial charge in [-0.2, -0.15) is 0 Å². The van der Waals surface area contributed by atoms with Crippen LogP contribution in [0.3, 0.4) is 0 Å². The highest BCUT2D eigenvalue weighted by atomic mass is 19.1. The van der Waals surface area contributed by atoms with Crippen molar-refractivity contribution in [2.24, 2.45) is 0 Å². The summed E-state index contributed by atoms with van der Waals surface area (Å²) in [6.45, 7) is -0.120. The number of nitrogens with one attached hydrogen (secondary N) is 1. The van der Waals surface area contributed by atoms with E-state index in [9.17, 15) is 14.0 Å². The molecule has 0 spiro atoms. The van der Waals surface area contributed by atoms with E-state index in [1.165, 1.54) is 23.1 Å². The Balaban J connectivity index is 1.75. The van der Waals surface area contributed by atoms with Gasteiger partial charge in [0.1, 0.15) is 18.1 Å². The Morgan fingerprint density at radius 3 is 2.53 bits per heavy atom. The molecule has 1 aliphatic rings. The van der Waals surface area contributed by atoms with Gasteiger partial charge in [-0.1, -0.05) is 42.5 Å². The molecule has 1 N–H and O–H groups in total. The average Bonchev–Trinajstić information content (AvgIpc) is 2.90. The lowest BCUT2D eigenvalue weighted by Crippen LogP contribution is -2.39. The number of rotatable bonds is 4. The Morgan fingerprint density at radius 1 is 1.10 bits per heavy atom. The number of carbonyl (C=O) groups excluding carboxylic acids is 2. The normalized spacial score (nSPS) is 15.7. The van der Waals surface area contributed by atoms with Crippen molar-refractivity contribution in [3.05, 3.63) is 95.3 Å². The predicted molar refractivity (Wildman–Crippen MR) is 112 cm³/mol. The van der Waals surface area contributed by atoms with E-state index in [1.54, 1.807) is 19.2 Å². The van der Waals surface area contributed by atoms with Gasteiger partial charge in [-0.25, -0.2) is 4.39 Å². The molecule has 0 fully saturated rings. The van der Waals surface area contributed by atoms with Crippen molar-refractivity contribution in [1.82, 2.24) is 4.90 Å². The van der Waals surface area contributed by atoms with E-state index >= 15 is 0 Å². The second-order valence-electron chi connectivity index (χ2n) is 7.14. The van der Waals surface area contributed by atoms with Crippen LogP contribution in [0, 0.1) is 5.82 Å². The fraction of sp³-hybridized carbons (Fsp3) is 0.167. The standard InChI is InChI=1S/C24H21FN2O3/c1-30-19-10-7-16(8-11-19)13-23(29)27-15-22(28)26-21-12-9-18(25)14-20(21)24(27)17-5-3-2-4-6-17/h2-12,14,24H,13,15H2,1H3,(H,26,28)/t24-/m0/s1. The summed E-state index contributed by atoms with van der Waals surface area (Å²) in [4.78, 5) is 27.4. The van der Waals surface area contributed by atoms with Crippen LogP contribution in [-0.4, -0.2) is 30.4 Å². The molecule has 4 rings (SSSR count). The van der Waals surface area contributed by atoms with Crippen molar-refractivity contribution in [3.8, 4) is 5.75 Å². The molecule has 0 aromatic heterocycles. The third-order valence-corrected chi connectivity index (χ3v) is 5.16. The molecule has 2 amide bonds. The molecule has 0 aliphatic carbocycles. The molecule has 6 heteroatoms. The zero-order valence-corrected chi connectivity index (χ0v) is 16.5. The highest BCUT2D eigenvalue weighted by Gasteiger charge is 2.33. The van der Waals surface area contributed by atoms with Crippen molar-refractivity contribution in [3.63, 3.8) is 0 Å². The molecule has 1 aliphatic heterocycles. The number of amides is 2. The van der Waals surface area contributed by atoms with Gasteiger partial charge < -0.3 is 15.0 Å². The molecule has 3 aromatic carbocycles. The van der Waals surface area contributed by atoms with E-state index in [4.69, 9.17) is 4.74 Å². The zero-order valence-electron chi connectivity index (χ0n) is 16.5. The second kappa shape index (κ2) is 8.37. The molecule has 0 radical (unpaired) electrons. The molecular formula is C24H21FN2O3. The Kier molecular flexibility index (Phi) is 5.48. The SMILES string of the molecule is COc1ccc(CC(=O)N2CC(=O)Nc3ccc(F)cc3[C@@H]2c2ccccc2)cc1. The maximum absolute atomic E-state index is 14.1. The highest BCUT2D eigenvalue weighted by Crippen LogP contribution is 2.36. The number of benzene rings is 3. The summed E-state index contributed by atoms with van der Waals surface area (Å²) < 4.78 is 19.3. The van der Waals surface area contributed by atoms with Gasteiger partial charge >= 0.3 is 0 Å². The van der Waals surface area contributed by atoms with Crippen LogP contribution < -0.4 is 10.1 Å². The van der Waals surface area contributed by atoms with Gasteiger partial charge in [0.25, 0.3) is 0 Å². The first-order valence-electron chi connectivity index (χ1n) is 9.62. The number of hydrogen-bond acceptors (Lipinski definition) is 3. The Morgan fingerprint density at radius 2 is 1.83 bits per heavy atom. The number of hydrogen-bond donors (Lipinski definition) is 1. The molecule has 0 saturated carbocycles. The molecule has 30 heavy (non-hydrogen) atoms. The van der Waals surface area contributed by atoms with Gasteiger partial charge in [-0.3, -0.25) is 9.59 Å². The van der Waals surface area contributed by atoms with E-state index in [-0.39, 0.29) is 24.8 Å². The summed E-state index contributed by atoms with van der Waals surface area (Å²) >= 11 is 0. The molecular weight excluding hydrogens is 383 g/mol. The van der Waals surface area contributed by atoms with Crippen LogP contribution in [0.15, 0.2) is 72.8 Å². The molecule has 1 heterocycles. The first kappa shape index (κ1) is 19.6. The summed E-state index contributed by atoms with van der Waals surface area (Å²) in [6, 6.07) is 20.2. The third kappa shape index (κ3) is 4.03. The number of anilines is 1. The maximum Gasteiger partial charge on any atom is 0.244 e. The smallest absolute Gasteiger partial charge is 0.244 e. The third-order valence-electron chi connectivity index (χ3n) is 5.16. The van der Waals surface area contributed by atoms with Gasteiger partial charge in [0, 0.05) is 11.3 Å². The quantitative estimate of drug-likeness (QED) is 0.716. The van der Waals surface area contributed by atoms with Crippen LogP contribution >= 0.6 is 0 Å². The Labute approximate surface area is 174 Å². The lowest BCUT2D eigenvalue weighted by Gasteiger charge is -2.30. The van der Waals surface area contributed by atoms with Crippen molar-refractivity contribution in [2.75, 3.05) is 19.0 Å². The molecule has 0 bridgehead atoms. The monoisotopic (exact) mass is 404 g/mol. The van der Waals surface area contributed by atoms with Crippen LogP contribution in [0.4, 0.5) is 10.1 Å². The summed E-state index contributed by atoms with van der Waals surface area (Å²) in [5, 5.41) is 2.80. The zero-order chi connectivity index (χ0) is 21.1. The molecule has 152 valence electrons. The van der Waals surface area contributed by atoms with E-state index in [0.29, 0.717) is 17.0 Å². The highest BCUT2D eigenvalue weighted by molar-refractivity contribution is 5.97. The maximum atomic E-state index is 14.1. The van der Waals surface area contributed by atoms with Gasteiger partial charge in [0.2, 0.25) is 11.8 Å². The first-order valence-corrected chi connectivity index (χ1v) is 9.62. The number of methoxy groups -OCH3 is 1. The number of nitrogens with zero attached hydrogens (tertiary/aromatic N) is 1. The molecule has 1 atom stereocenters. The predicted octanol–water partition coefficient (Wildman–Crippen LogP) is 3.95. The van der Waals surface area contributed by atoms with Gasteiger partial charge in [-0.05, 0) is 41.5 Å². The van der Waals surface area contributed by atoms with Gasteiger partial charge in [0.15, 0.2) is 0 Å². The minimum Gasteiger partial charge on any atom is -0.497 e. The fourth-order valence-corrected chi connectivity index (χ4v) is 3.72. The van der Waals surface area contributed by atoms with Crippen molar-refractivity contribution >= 4 is 17.5 Å². The second-order valence-corrected chi connectivity index (χ2v) is 7.14. The minimum atomic E-state index is -0.582. The van der Waals surface area contributed by atoms with Crippen molar-refractivity contribution < 1.29 is 18.7 Å². The van der Waals surface area contributed by atoms with E-state index < -0.39 is 11.9 Å². The minimum absolute atomic E-state index is 0.116. The summed E-state index contributed by atoms with van der Waals surface area (Å²) in [5.74, 6) is -0.258. The lowest BCUT2D eigenvalue weighted by atomic mass is 9.95. The van der Waals surface area contributed by atoms with E-state index in [2.05, 4.69) is 5.32 Å². The van der Waals surface area contributed by atoms with Crippen molar-refractivity contribution in [2.45, 2.75) is 12.5 Å². The van der Waals surface area contributed by atoms with Crippen molar-refractivity contribution in [1.29, 1.82) is 0 Å². The molecule has 5 nitrogen and oxygen atoms in total. The van der Waals surface area contributed by atoms with Crippen LogP contribution in [-0.2, 0) is 16.0 Å². The largest absolute Gasteiger partial charge is 0.497 e. The van der Waals surface area contributed by atoms with Crippen LogP contribution in [0.1, 0.15) is 22.7 Å². The van der Waals surface area contributed by atoms with Crippen LogP contribution in [0.2, 0.25) is 0 Å².